The van der Waals surface area contributed by atoms with Gasteiger partial charge in [0.05, 0.1) is 22.5 Å². The fourth-order valence-electron chi connectivity index (χ4n) is 1.45. The van der Waals surface area contributed by atoms with E-state index in [0.717, 1.165) is 6.07 Å². The summed E-state index contributed by atoms with van der Waals surface area (Å²) in [5, 5.41) is 21.5. The monoisotopic (exact) mass is 269 g/mol. The van der Waals surface area contributed by atoms with Crippen molar-refractivity contribution in [3.8, 4) is 0 Å². The zero-order chi connectivity index (χ0) is 14.4. The number of nitro groups is 2. The molecular formula is C10H11N3O6. The van der Waals surface area contributed by atoms with Gasteiger partial charge in [-0.15, -0.1) is 0 Å². The van der Waals surface area contributed by atoms with Gasteiger partial charge in [-0.25, -0.2) is 0 Å². The number of anilines is 1. The summed E-state index contributed by atoms with van der Waals surface area (Å²) in [6, 6.07) is 3.36. The summed E-state index contributed by atoms with van der Waals surface area (Å²) < 4.78 is 4.49. The van der Waals surface area contributed by atoms with Crippen molar-refractivity contribution in [2.24, 2.45) is 0 Å². The molecule has 0 aliphatic heterocycles. The van der Waals surface area contributed by atoms with Gasteiger partial charge in [-0.2, -0.15) is 0 Å². The standard InChI is InChI=1S/C10H11N3O6/c1-11(4-5-19-7-14)9-3-2-8(12(15)16)6-10(9)13(17)18/h2-3,6-7H,4-5H2,1H3. The lowest BCUT2D eigenvalue weighted by molar-refractivity contribution is -0.393. The molecule has 1 aromatic carbocycles. The highest BCUT2D eigenvalue weighted by Gasteiger charge is 2.21. The molecule has 0 saturated heterocycles. The number of benzene rings is 1. The van der Waals surface area contributed by atoms with E-state index < -0.39 is 9.85 Å². The first-order chi connectivity index (χ1) is 8.97. The number of carbonyl (C=O) groups is 1. The Morgan fingerprint density at radius 3 is 2.53 bits per heavy atom. The first kappa shape index (κ1) is 14.4. The lowest BCUT2D eigenvalue weighted by Crippen LogP contribution is -2.23. The van der Waals surface area contributed by atoms with E-state index >= 15 is 0 Å². The fraction of sp³-hybridized carbons (Fsp3) is 0.300. The Balaban J connectivity index is 3.02. The van der Waals surface area contributed by atoms with Crippen LogP contribution in [0.2, 0.25) is 0 Å². The Morgan fingerprint density at radius 1 is 1.32 bits per heavy atom. The first-order valence-corrected chi connectivity index (χ1v) is 5.16. The number of hydrogen-bond donors (Lipinski definition) is 0. The lowest BCUT2D eigenvalue weighted by Gasteiger charge is -2.18. The smallest absolute Gasteiger partial charge is 0.299 e. The van der Waals surface area contributed by atoms with E-state index in [1.165, 1.54) is 17.0 Å². The molecule has 19 heavy (non-hydrogen) atoms. The molecule has 0 fully saturated rings. The van der Waals surface area contributed by atoms with E-state index in [1.807, 2.05) is 0 Å². The molecule has 0 unspecified atom stereocenters. The summed E-state index contributed by atoms with van der Waals surface area (Å²) in [7, 11) is 1.56. The summed E-state index contributed by atoms with van der Waals surface area (Å²) in [4.78, 5) is 31.6. The normalized spacial score (nSPS) is 9.74. The maximum Gasteiger partial charge on any atom is 0.299 e. The van der Waals surface area contributed by atoms with E-state index in [0.29, 0.717) is 0 Å². The van der Waals surface area contributed by atoms with E-state index in [4.69, 9.17) is 0 Å². The van der Waals surface area contributed by atoms with Crippen molar-refractivity contribution in [2.45, 2.75) is 0 Å². The molecule has 0 spiro atoms. The Bertz CT molecular complexity index is 504. The Labute approximate surface area is 107 Å². The van der Waals surface area contributed by atoms with Gasteiger partial charge < -0.3 is 9.64 Å². The minimum absolute atomic E-state index is 0.0636. The quantitative estimate of drug-likeness (QED) is 0.315. The molecule has 9 nitrogen and oxygen atoms in total. The van der Waals surface area contributed by atoms with Gasteiger partial charge in [0.15, 0.2) is 0 Å². The van der Waals surface area contributed by atoms with Crippen molar-refractivity contribution in [3.05, 3.63) is 38.4 Å². The third-order valence-electron chi connectivity index (χ3n) is 2.39. The third-order valence-corrected chi connectivity index (χ3v) is 2.39. The molecule has 0 saturated carbocycles. The van der Waals surface area contributed by atoms with E-state index in [2.05, 4.69) is 4.74 Å². The summed E-state index contributed by atoms with van der Waals surface area (Å²) in [5.74, 6) is 0. The van der Waals surface area contributed by atoms with Crippen LogP contribution in [0.15, 0.2) is 18.2 Å². The Morgan fingerprint density at radius 2 is 2.00 bits per heavy atom. The molecule has 0 N–H and O–H groups in total. The van der Waals surface area contributed by atoms with Crippen LogP contribution in [-0.4, -0.2) is 36.5 Å². The molecule has 1 aromatic rings. The number of non-ortho nitro benzene ring substituents is 1. The van der Waals surface area contributed by atoms with Gasteiger partial charge in [0.25, 0.3) is 17.8 Å². The van der Waals surface area contributed by atoms with Crippen LogP contribution in [0.25, 0.3) is 0 Å². The van der Waals surface area contributed by atoms with E-state index in [9.17, 15) is 25.0 Å². The predicted molar refractivity (Wildman–Crippen MR) is 65.0 cm³/mol. The molecule has 0 heterocycles. The molecule has 9 heteroatoms. The van der Waals surface area contributed by atoms with Crippen LogP contribution in [0.5, 0.6) is 0 Å². The van der Waals surface area contributed by atoms with Crippen LogP contribution in [0.4, 0.5) is 17.1 Å². The van der Waals surface area contributed by atoms with Gasteiger partial charge >= 0.3 is 0 Å². The summed E-state index contributed by atoms with van der Waals surface area (Å²) in [6.45, 7) is 0.573. The lowest BCUT2D eigenvalue weighted by atomic mass is 10.2. The second kappa shape index (κ2) is 6.28. The number of ether oxygens (including phenoxy) is 1. The molecule has 0 atom stereocenters. The van der Waals surface area contributed by atoms with Gasteiger partial charge in [-0.3, -0.25) is 25.0 Å². The molecule has 0 aliphatic carbocycles. The minimum atomic E-state index is -0.702. The van der Waals surface area contributed by atoms with Gasteiger partial charge in [0, 0.05) is 13.1 Å². The van der Waals surface area contributed by atoms with Crippen molar-refractivity contribution in [3.63, 3.8) is 0 Å². The molecule has 0 aliphatic rings. The predicted octanol–water partition coefficient (Wildman–Crippen LogP) is 1.11. The SMILES string of the molecule is CN(CCOC=O)c1ccc([N+](=O)[O-])cc1[N+](=O)[O-]. The van der Waals surface area contributed by atoms with Crippen molar-refractivity contribution < 1.29 is 19.4 Å². The van der Waals surface area contributed by atoms with E-state index in [1.54, 1.807) is 7.05 Å². The molecule has 102 valence electrons. The molecule has 0 radical (unpaired) electrons. The largest absolute Gasteiger partial charge is 0.466 e. The highest BCUT2D eigenvalue weighted by molar-refractivity contribution is 5.66. The molecule has 0 amide bonds. The summed E-state index contributed by atoms with van der Waals surface area (Å²) in [5.41, 5.74) is -0.513. The molecule has 0 aromatic heterocycles. The van der Waals surface area contributed by atoms with Gasteiger partial charge in [0.1, 0.15) is 12.3 Å². The average Bonchev–Trinajstić information content (AvgIpc) is 2.38. The van der Waals surface area contributed by atoms with Crippen LogP contribution in [-0.2, 0) is 9.53 Å². The zero-order valence-corrected chi connectivity index (χ0v) is 10.0. The number of nitrogens with zero attached hydrogens (tertiary/aromatic N) is 3. The fourth-order valence-corrected chi connectivity index (χ4v) is 1.45. The first-order valence-electron chi connectivity index (χ1n) is 5.16. The summed E-state index contributed by atoms with van der Waals surface area (Å²) >= 11 is 0. The topological polar surface area (TPSA) is 116 Å². The van der Waals surface area contributed by atoms with Crippen molar-refractivity contribution in [1.29, 1.82) is 0 Å². The molecule has 1 rings (SSSR count). The van der Waals surface area contributed by atoms with Gasteiger partial charge in [-0.1, -0.05) is 0 Å². The maximum absolute atomic E-state index is 10.9. The summed E-state index contributed by atoms with van der Waals surface area (Å²) in [6.07, 6.45) is 0. The Hall–Kier alpha value is -2.71. The van der Waals surface area contributed by atoms with Crippen LogP contribution in [0.3, 0.4) is 0 Å². The molecule has 0 bridgehead atoms. The number of likely N-dealkylation sites (N-methyl/N-ethyl adjacent to an activating group) is 1. The third kappa shape index (κ3) is 3.63. The highest BCUT2D eigenvalue weighted by atomic mass is 16.6. The van der Waals surface area contributed by atoms with Crippen LogP contribution in [0, 0.1) is 20.2 Å². The highest BCUT2D eigenvalue weighted by Crippen LogP contribution is 2.31. The number of hydrogen-bond acceptors (Lipinski definition) is 7. The minimum Gasteiger partial charge on any atom is -0.466 e. The average molecular weight is 269 g/mol. The maximum atomic E-state index is 10.9. The second-order valence-corrected chi connectivity index (χ2v) is 3.58. The van der Waals surface area contributed by atoms with Crippen LogP contribution < -0.4 is 4.90 Å². The van der Waals surface area contributed by atoms with E-state index in [-0.39, 0.29) is 36.7 Å². The van der Waals surface area contributed by atoms with Crippen molar-refractivity contribution in [2.75, 3.05) is 25.1 Å². The van der Waals surface area contributed by atoms with Crippen molar-refractivity contribution >= 4 is 23.5 Å². The number of nitro benzene ring substituents is 2. The van der Waals surface area contributed by atoms with Crippen LogP contribution >= 0.6 is 0 Å². The second-order valence-electron chi connectivity index (χ2n) is 3.58. The van der Waals surface area contributed by atoms with Crippen molar-refractivity contribution in [1.82, 2.24) is 0 Å². The Kier molecular flexibility index (Phi) is 4.75. The zero-order valence-electron chi connectivity index (χ0n) is 10.0. The van der Waals surface area contributed by atoms with Gasteiger partial charge in [0.2, 0.25) is 0 Å². The van der Waals surface area contributed by atoms with Gasteiger partial charge in [-0.05, 0) is 6.07 Å². The number of carbonyl (C=O) groups excluding carboxylic acids is 1. The van der Waals surface area contributed by atoms with Crippen LogP contribution in [0.1, 0.15) is 0 Å². The number of rotatable bonds is 7. The molecular weight excluding hydrogens is 258 g/mol.